The standard InChI is InChI=1S/C21H25N5O2.HI/c1-4-19-18(20(27-3)26(2)25-19)14-23-21(22)24-15-9-8-12-17(13-15)28-16-10-6-5-7-11-16;/h5-13H,4,14H2,1-3H3,(H3,22,23,24);1H. The van der Waals surface area contributed by atoms with Gasteiger partial charge in [0.15, 0.2) is 5.96 Å². The maximum atomic E-state index is 6.08. The van der Waals surface area contributed by atoms with E-state index in [1.54, 1.807) is 11.8 Å². The number of ether oxygens (including phenoxy) is 2. The third kappa shape index (κ3) is 5.86. The molecule has 1 aromatic heterocycles. The Kier molecular flexibility index (Phi) is 8.32. The summed E-state index contributed by atoms with van der Waals surface area (Å²) >= 11 is 0. The molecule has 0 saturated carbocycles. The summed E-state index contributed by atoms with van der Waals surface area (Å²) in [6.45, 7) is 2.44. The van der Waals surface area contributed by atoms with Crippen LogP contribution in [0, 0.1) is 0 Å². The number of hydrogen-bond donors (Lipinski definition) is 2. The number of nitrogens with zero attached hydrogens (tertiary/aromatic N) is 3. The van der Waals surface area contributed by atoms with Crippen molar-refractivity contribution in [2.75, 3.05) is 12.4 Å². The van der Waals surface area contributed by atoms with Gasteiger partial charge in [-0.1, -0.05) is 31.2 Å². The third-order valence-electron chi connectivity index (χ3n) is 4.19. The van der Waals surface area contributed by atoms with Gasteiger partial charge in [0.2, 0.25) is 5.88 Å². The van der Waals surface area contributed by atoms with E-state index in [4.69, 9.17) is 15.2 Å². The number of benzene rings is 2. The first-order valence-corrected chi connectivity index (χ1v) is 9.09. The van der Waals surface area contributed by atoms with Crippen LogP contribution in [0.2, 0.25) is 0 Å². The van der Waals surface area contributed by atoms with E-state index in [0.717, 1.165) is 29.1 Å². The Morgan fingerprint density at radius 3 is 2.55 bits per heavy atom. The number of guanidine groups is 1. The second kappa shape index (κ2) is 10.7. The number of hydrogen-bond acceptors (Lipinski definition) is 4. The molecule has 8 heteroatoms. The Hall–Kier alpha value is -2.75. The first-order chi connectivity index (χ1) is 13.6. The molecule has 0 fully saturated rings. The van der Waals surface area contributed by atoms with Crippen molar-refractivity contribution in [2.45, 2.75) is 19.9 Å². The molecule has 0 aliphatic rings. The van der Waals surface area contributed by atoms with Crippen LogP contribution in [0.3, 0.4) is 0 Å². The van der Waals surface area contributed by atoms with Crippen LogP contribution in [0.5, 0.6) is 17.4 Å². The van der Waals surface area contributed by atoms with E-state index >= 15 is 0 Å². The van der Waals surface area contributed by atoms with Gasteiger partial charge in [-0.25, -0.2) is 9.67 Å². The van der Waals surface area contributed by atoms with Crippen molar-refractivity contribution in [3.05, 3.63) is 65.9 Å². The molecule has 29 heavy (non-hydrogen) atoms. The summed E-state index contributed by atoms with van der Waals surface area (Å²) < 4.78 is 13.0. The van der Waals surface area contributed by atoms with Crippen LogP contribution in [-0.4, -0.2) is 22.8 Å². The number of aryl methyl sites for hydroxylation is 2. The summed E-state index contributed by atoms with van der Waals surface area (Å²) in [5.41, 5.74) is 8.77. The highest BCUT2D eigenvalue weighted by molar-refractivity contribution is 14.0. The van der Waals surface area contributed by atoms with Crippen LogP contribution < -0.4 is 20.5 Å². The molecule has 0 aliphatic carbocycles. The number of para-hydroxylation sites is 1. The van der Waals surface area contributed by atoms with Crippen molar-refractivity contribution in [2.24, 2.45) is 17.8 Å². The second-order valence-corrected chi connectivity index (χ2v) is 6.18. The van der Waals surface area contributed by atoms with E-state index in [1.807, 2.05) is 61.6 Å². The number of nitrogens with two attached hydrogens (primary N) is 1. The van der Waals surface area contributed by atoms with Crippen molar-refractivity contribution < 1.29 is 9.47 Å². The molecule has 0 bridgehead atoms. The largest absolute Gasteiger partial charge is 0.481 e. The Bertz CT molecular complexity index is 957. The number of nitrogens with one attached hydrogen (secondary N) is 1. The monoisotopic (exact) mass is 507 g/mol. The molecule has 0 saturated heterocycles. The molecule has 0 amide bonds. The van der Waals surface area contributed by atoms with Crippen molar-refractivity contribution in [3.8, 4) is 17.4 Å². The molecular weight excluding hydrogens is 481 g/mol. The number of rotatable bonds is 7. The highest BCUT2D eigenvalue weighted by Crippen LogP contribution is 2.24. The molecule has 0 spiro atoms. The predicted molar refractivity (Wildman–Crippen MR) is 126 cm³/mol. The average Bonchev–Trinajstić information content (AvgIpc) is 3.02. The van der Waals surface area contributed by atoms with Gasteiger partial charge in [0.1, 0.15) is 11.5 Å². The van der Waals surface area contributed by atoms with Crippen LogP contribution in [0.4, 0.5) is 5.69 Å². The fourth-order valence-electron chi connectivity index (χ4n) is 2.92. The highest BCUT2D eigenvalue weighted by atomic mass is 127. The normalized spacial score (nSPS) is 10.9. The molecule has 0 aliphatic heterocycles. The average molecular weight is 507 g/mol. The van der Waals surface area contributed by atoms with E-state index in [9.17, 15) is 0 Å². The fraction of sp³-hybridized carbons (Fsp3) is 0.238. The summed E-state index contributed by atoms with van der Waals surface area (Å²) in [5, 5.41) is 7.56. The zero-order valence-electron chi connectivity index (χ0n) is 16.8. The van der Waals surface area contributed by atoms with Gasteiger partial charge in [-0.2, -0.15) is 5.10 Å². The smallest absolute Gasteiger partial charge is 0.216 e. The van der Waals surface area contributed by atoms with E-state index in [1.165, 1.54) is 0 Å². The van der Waals surface area contributed by atoms with Crippen molar-refractivity contribution in [3.63, 3.8) is 0 Å². The Balaban J connectivity index is 0.00000300. The maximum absolute atomic E-state index is 6.08. The lowest BCUT2D eigenvalue weighted by molar-refractivity contribution is 0.369. The molecule has 0 unspecified atom stereocenters. The minimum atomic E-state index is 0. The fourth-order valence-corrected chi connectivity index (χ4v) is 2.92. The van der Waals surface area contributed by atoms with Gasteiger partial charge in [0.05, 0.1) is 24.9 Å². The van der Waals surface area contributed by atoms with Gasteiger partial charge in [0, 0.05) is 18.8 Å². The zero-order chi connectivity index (χ0) is 19.9. The molecular formula is C21H26IN5O2. The second-order valence-electron chi connectivity index (χ2n) is 6.18. The van der Waals surface area contributed by atoms with Crippen molar-refractivity contribution in [1.29, 1.82) is 0 Å². The number of halogens is 1. The lowest BCUT2D eigenvalue weighted by Crippen LogP contribution is -2.22. The van der Waals surface area contributed by atoms with E-state index in [2.05, 4.69) is 22.3 Å². The van der Waals surface area contributed by atoms with Crippen LogP contribution in [0.15, 0.2) is 59.6 Å². The summed E-state index contributed by atoms with van der Waals surface area (Å²) in [4.78, 5) is 4.44. The predicted octanol–water partition coefficient (Wildman–Crippen LogP) is 4.33. The van der Waals surface area contributed by atoms with Gasteiger partial charge in [-0.05, 0) is 30.7 Å². The number of anilines is 1. The number of aromatic nitrogens is 2. The van der Waals surface area contributed by atoms with Crippen molar-refractivity contribution >= 4 is 35.6 Å². The van der Waals surface area contributed by atoms with Crippen LogP contribution in [-0.2, 0) is 20.0 Å². The van der Waals surface area contributed by atoms with E-state index in [0.29, 0.717) is 24.1 Å². The van der Waals surface area contributed by atoms with Gasteiger partial charge in [-0.15, -0.1) is 24.0 Å². The Labute approximate surface area is 187 Å². The maximum Gasteiger partial charge on any atom is 0.216 e. The van der Waals surface area contributed by atoms with Crippen LogP contribution in [0.25, 0.3) is 0 Å². The molecule has 3 N–H and O–H groups in total. The van der Waals surface area contributed by atoms with Crippen LogP contribution >= 0.6 is 24.0 Å². The topological polar surface area (TPSA) is 86.7 Å². The number of aliphatic imine (C=N–C) groups is 1. The summed E-state index contributed by atoms with van der Waals surface area (Å²) in [6.07, 6.45) is 0.800. The third-order valence-corrected chi connectivity index (χ3v) is 4.19. The molecule has 0 atom stereocenters. The van der Waals surface area contributed by atoms with Crippen molar-refractivity contribution in [1.82, 2.24) is 9.78 Å². The number of methoxy groups -OCH3 is 1. The van der Waals surface area contributed by atoms with Gasteiger partial charge in [-0.3, -0.25) is 0 Å². The first-order valence-electron chi connectivity index (χ1n) is 9.09. The minimum absolute atomic E-state index is 0. The van der Waals surface area contributed by atoms with Crippen LogP contribution in [0.1, 0.15) is 18.2 Å². The molecule has 1 heterocycles. The summed E-state index contributed by atoms with van der Waals surface area (Å²) in [5.74, 6) is 2.50. The van der Waals surface area contributed by atoms with E-state index < -0.39 is 0 Å². The first kappa shape index (κ1) is 22.5. The van der Waals surface area contributed by atoms with Gasteiger partial charge >= 0.3 is 0 Å². The highest BCUT2D eigenvalue weighted by Gasteiger charge is 2.15. The molecule has 3 rings (SSSR count). The lowest BCUT2D eigenvalue weighted by atomic mass is 10.2. The molecule has 7 nitrogen and oxygen atoms in total. The molecule has 0 radical (unpaired) electrons. The molecule has 2 aromatic carbocycles. The molecule has 3 aromatic rings. The van der Waals surface area contributed by atoms with Gasteiger partial charge < -0.3 is 20.5 Å². The summed E-state index contributed by atoms with van der Waals surface area (Å²) in [7, 11) is 3.48. The SMILES string of the molecule is CCc1nn(C)c(OC)c1CN=C(N)Nc1cccc(Oc2ccccc2)c1.I. The molecule has 154 valence electrons. The van der Waals surface area contributed by atoms with Gasteiger partial charge in [0.25, 0.3) is 0 Å². The lowest BCUT2D eigenvalue weighted by Gasteiger charge is -2.09. The quantitative estimate of drug-likeness (QED) is 0.283. The summed E-state index contributed by atoms with van der Waals surface area (Å²) in [6, 6.07) is 17.2. The van der Waals surface area contributed by atoms with E-state index in [-0.39, 0.29) is 24.0 Å². The Morgan fingerprint density at radius 1 is 1.14 bits per heavy atom. The Morgan fingerprint density at radius 2 is 1.86 bits per heavy atom. The minimum Gasteiger partial charge on any atom is -0.481 e. The zero-order valence-corrected chi connectivity index (χ0v) is 19.1.